The zero-order chi connectivity index (χ0) is 17.5. The Morgan fingerprint density at radius 3 is 2.46 bits per heavy atom. The number of carbonyl (C=O) groups is 1. The molecule has 0 aliphatic rings. The predicted molar refractivity (Wildman–Crippen MR) is 95.1 cm³/mol. The van der Waals surface area contributed by atoms with Crippen molar-refractivity contribution in [1.82, 2.24) is 4.98 Å². The minimum absolute atomic E-state index is 0.258. The number of amides is 1. The molecule has 0 fully saturated rings. The monoisotopic (exact) mass is 329 g/mol. The number of hydrogen-bond donors (Lipinski definition) is 2. The van der Waals surface area contributed by atoms with Crippen molar-refractivity contribution >= 4 is 17.4 Å². The summed E-state index contributed by atoms with van der Waals surface area (Å²) in [6.07, 6.45) is 1.70. The number of carbonyl (C=O) groups excluding carboxylic acids is 1. The minimum atomic E-state index is -0.258. The highest BCUT2D eigenvalue weighted by Gasteiger charge is 2.11. The SMILES string of the molecule is COc1ccc(C(=O)Nc2ccc(NCC(C)C)cn2)cc1OC. The van der Waals surface area contributed by atoms with Crippen LogP contribution >= 0.6 is 0 Å². The molecule has 24 heavy (non-hydrogen) atoms. The highest BCUT2D eigenvalue weighted by molar-refractivity contribution is 6.04. The first-order valence-electron chi connectivity index (χ1n) is 7.76. The van der Waals surface area contributed by atoms with Crippen LogP contribution in [0.5, 0.6) is 11.5 Å². The Bertz CT molecular complexity index is 684. The number of benzene rings is 1. The minimum Gasteiger partial charge on any atom is -0.493 e. The molecule has 128 valence electrons. The third-order valence-electron chi connectivity index (χ3n) is 3.37. The highest BCUT2D eigenvalue weighted by atomic mass is 16.5. The lowest BCUT2D eigenvalue weighted by molar-refractivity contribution is 0.102. The van der Waals surface area contributed by atoms with E-state index in [4.69, 9.17) is 9.47 Å². The molecule has 6 nitrogen and oxygen atoms in total. The molecule has 0 spiro atoms. The van der Waals surface area contributed by atoms with Gasteiger partial charge in [0.2, 0.25) is 0 Å². The van der Waals surface area contributed by atoms with E-state index in [9.17, 15) is 4.79 Å². The number of hydrogen-bond acceptors (Lipinski definition) is 5. The molecule has 1 heterocycles. The summed E-state index contributed by atoms with van der Waals surface area (Å²) in [6.45, 7) is 5.15. The fourth-order valence-electron chi connectivity index (χ4n) is 2.06. The topological polar surface area (TPSA) is 72.5 Å². The van der Waals surface area contributed by atoms with E-state index in [2.05, 4.69) is 29.5 Å². The summed E-state index contributed by atoms with van der Waals surface area (Å²) >= 11 is 0. The second-order valence-corrected chi connectivity index (χ2v) is 5.73. The van der Waals surface area contributed by atoms with Gasteiger partial charge in [-0.25, -0.2) is 4.98 Å². The molecule has 6 heteroatoms. The average molecular weight is 329 g/mol. The molecular formula is C18H23N3O3. The van der Waals surface area contributed by atoms with Crippen molar-refractivity contribution in [3.63, 3.8) is 0 Å². The fraction of sp³-hybridized carbons (Fsp3) is 0.333. The Kier molecular flexibility index (Phi) is 6.01. The van der Waals surface area contributed by atoms with Gasteiger partial charge in [-0.2, -0.15) is 0 Å². The molecule has 2 N–H and O–H groups in total. The van der Waals surface area contributed by atoms with Crippen molar-refractivity contribution in [3.05, 3.63) is 42.1 Å². The van der Waals surface area contributed by atoms with Crippen LogP contribution in [0.25, 0.3) is 0 Å². The summed E-state index contributed by atoms with van der Waals surface area (Å²) in [4.78, 5) is 16.6. The zero-order valence-corrected chi connectivity index (χ0v) is 14.4. The maximum Gasteiger partial charge on any atom is 0.256 e. The standard InChI is InChI=1S/C18H23N3O3/c1-12(2)10-19-14-6-8-17(20-11-14)21-18(22)13-5-7-15(23-3)16(9-13)24-4/h5-9,11-12,19H,10H2,1-4H3,(H,20,21,22). The molecule has 0 unspecified atom stereocenters. The summed E-state index contributed by atoms with van der Waals surface area (Å²) in [5, 5.41) is 6.04. The van der Waals surface area contributed by atoms with Gasteiger partial charge >= 0.3 is 0 Å². The van der Waals surface area contributed by atoms with Crippen LogP contribution in [0.4, 0.5) is 11.5 Å². The lowest BCUT2D eigenvalue weighted by Gasteiger charge is -2.11. The lowest BCUT2D eigenvalue weighted by Crippen LogP contribution is -2.13. The maximum absolute atomic E-state index is 12.3. The van der Waals surface area contributed by atoms with Crippen molar-refractivity contribution in [2.24, 2.45) is 5.92 Å². The molecule has 0 radical (unpaired) electrons. The van der Waals surface area contributed by atoms with Crippen molar-refractivity contribution in [2.75, 3.05) is 31.4 Å². The van der Waals surface area contributed by atoms with Crippen LogP contribution in [0.1, 0.15) is 24.2 Å². The molecule has 1 aromatic carbocycles. The largest absolute Gasteiger partial charge is 0.493 e. The summed E-state index contributed by atoms with van der Waals surface area (Å²) in [5.74, 6) is 1.87. The molecule has 0 saturated heterocycles. The third kappa shape index (κ3) is 4.62. The van der Waals surface area contributed by atoms with E-state index in [-0.39, 0.29) is 5.91 Å². The molecule has 1 amide bonds. The normalized spacial score (nSPS) is 10.4. The molecule has 0 aliphatic carbocycles. The number of aromatic nitrogens is 1. The van der Waals surface area contributed by atoms with Crippen LogP contribution in [0.15, 0.2) is 36.5 Å². The van der Waals surface area contributed by atoms with Crippen LogP contribution in [-0.4, -0.2) is 31.7 Å². The smallest absolute Gasteiger partial charge is 0.256 e. The second kappa shape index (κ2) is 8.19. The molecule has 1 aromatic heterocycles. The fourth-order valence-corrected chi connectivity index (χ4v) is 2.06. The molecule has 0 bridgehead atoms. The summed E-state index contributed by atoms with van der Waals surface area (Å²) in [5.41, 5.74) is 1.39. The maximum atomic E-state index is 12.3. The van der Waals surface area contributed by atoms with Crippen LogP contribution in [0.2, 0.25) is 0 Å². The number of methoxy groups -OCH3 is 2. The Morgan fingerprint density at radius 1 is 1.12 bits per heavy atom. The molecule has 0 saturated carbocycles. The van der Waals surface area contributed by atoms with Gasteiger partial charge < -0.3 is 20.1 Å². The first-order chi connectivity index (χ1) is 11.5. The third-order valence-corrected chi connectivity index (χ3v) is 3.37. The van der Waals surface area contributed by atoms with Crippen molar-refractivity contribution in [2.45, 2.75) is 13.8 Å². The van der Waals surface area contributed by atoms with Gasteiger partial charge in [-0.3, -0.25) is 4.79 Å². The Hall–Kier alpha value is -2.76. The number of ether oxygens (including phenoxy) is 2. The quantitative estimate of drug-likeness (QED) is 0.814. The highest BCUT2D eigenvalue weighted by Crippen LogP contribution is 2.27. The molecule has 2 rings (SSSR count). The molecule has 2 aromatic rings. The summed E-state index contributed by atoms with van der Waals surface area (Å²) in [7, 11) is 3.08. The van der Waals surface area contributed by atoms with Crippen LogP contribution in [-0.2, 0) is 0 Å². The van der Waals surface area contributed by atoms with Crippen molar-refractivity contribution < 1.29 is 14.3 Å². The lowest BCUT2D eigenvalue weighted by atomic mass is 10.2. The van der Waals surface area contributed by atoms with Crippen LogP contribution in [0.3, 0.4) is 0 Å². The van der Waals surface area contributed by atoms with Gasteiger partial charge in [0.1, 0.15) is 5.82 Å². The van der Waals surface area contributed by atoms with Crippen LogP contribution in [0, 0.1) is 5.92 Å². The van der Waals surface area contributed by atoms with E-state index in [1.807, 2.05) is 6.07 Å². The molecular weight excluding hydrogens is 306 g/mol. The first kappa shape index (κ1) is 17.6. The van der Waals surface area contributed by atoms with E-state index in [0.29, 0.717) is 28.8 Å². The second-order valence-electron chi connectivity index (χ2n) is 5.73. The predicted octanol–water partition coefficient (Wildman–Crippen LogP) is 3.42. The van der Waals surface area contributed by atoms with Crippen LogP contribution < -0.4 is 20.1 Å². The first-order valence-corrected chi connectivity index (χ1v) is 7.76. The van der Waals surface area contributed by atoms with E-state index in [0.717, 1.165) is 12.2 Å². The average Bonchev–Trinajstić information content (AvgIpc) is 2.60. The van der Waals surface area contributed by atoms with Crippen molar-refractivity contribution in [1.29, 1.82) is 0 Å². The summed E-state index contributed by atoms with van der Waals surface area (Å²) in [6, 6.07) is 8.66. The Morgan fingerprint density at radius 2 is 1.88 bits per heavy atom. The van der Waals surface area contributed by atoms with Gasteiger partial charge in [0.25, 0.3) is 5.91 Å². The number of pyridine rings is 1. The van der Waals surface area contributed by atoms with Gasteiger partial charge in [0.15, 0.2) is 11.5 Å². The number of nitrogens with zero attached hydrogens (tertiary/aromatic N) is 1. The van der Waals surface area contributed by atoms with Gasteiger partial charge in [0, 0.05) is 12.1 Å². The van der Waals surface area contributed by atoms with Gasteiger partial charge in [-0.05, 0) is 36.2 Å². The zero-order valence-electron chi connectivity index (χ0n) is 14.4. The summed E-state index contributed by atoms with van der Waals surface area (Å²) < 4.78 is 10.4. The number of rotatable bonds is 7. The van der Waals surface area contributed by atoms with E-state index in [1.54, 1.807) is 37.6 Å². The van der Waals surface area contributed by atoms with Gasteiger partial charge in [-0.15, -0.1) is 0 Å². The number of anilines is 2. The van der Waals surface area contributed by atoms with E-state index < -0.39 is 0 Å². The van der Waals surface area contributed by atoms with Gasteiger partial charge in [-0.1, -0.05) is 13.8 Å². The Labute approximate surface area is 142 Å². The number of nitrogens with one attached hydrogen (secondary N) is 2. The van der Waals surface area contributed by atoms with E-state index in [1.165, 1.54) is 7.11 Å². The van der Waals surface area contributed by atoms with E-state index >= 15 is 0 Å². The van der Waals surface area contributed by atoms with Gasteiger partial charge in [0.05, 0.1) is 26.1 Å². The molecule has 0 aliphatic heterocycles. The molecule has 0 atom stereocenters. The Balaban J connectivity index is 2.04. The van der Waals surface area contributed by atoms with Crippen molar-refractivity contribution in [3.8, 4) is 11.5 Å².